The number of anilines is 1. The van der Waals surface area contributed by atoms with Gasteiger partial charge < -0.3 is 15.2 Å². The maximum atomic E-state index is 11.8. The summed E-state index contributed by atoms with van der Waals surface area (Å²) in [5.41, 5.74) is 13.9. The molecule has 7 heteroatoms. The minimum absolute atomic E-state index is 0.269. The van der Waals surface area contributed by atoms with E-state index in [1.807, 2.05) is 18.2 Å². The van der Waals surface area contributed by atoms with Gasteiger partial charge in [0.25, 0.3) is 0 Å². The molecule has 5 aromatic rings. The lowest BCUT2D eigenvalue weighted by Gasteiger charge is -2.36. The van der Waals surface area contributed by atoms with Crippen molar-refractivity contribution >= 4 is 33.5 Å². The fourth-order valence-electron chi connectivity index (χ4n) is 7.48. The Labute approximate surface area is 253 Å². The summed E-state index contributed by atoms with van der Waals surface area (Å²) in [4.78, 5) is 28.6. The summed E-state index contributed by atoms with van der Waals surface area (Å²) < 4.78 is 2.37. The Bertz CT molecular complexity index is 1780. The summed E-state index contributed by atoms with van der Waals surface area (Å²) in [7, 11) is 0. The Kier molecular flexibility index (Phi) is 7.43. The molecule has 1 aliphatic heterocycles. The molecule has 7 nitrogen and oxygen atoms in total. The van der Waals surface area contributed by atoms with Crippen molar-refractivity contribution in [3.63, 3.8) is 0 Å². The van der Waals surface area contributed by atoms with E-state index in [0.717, 1.165) is 95.2 Å². The molecule has 3 aromatic heterocycles. The van der Waals surface area contributed by atoms with Gasteiger partial charge in [-0.2, -0.15) is 0 Å². The predicted molar refractivity (Wildman–Crippen MR) is 174 cm³/mol. The number of aryl methyl sites for hydroxylation is 1. The molecule has 0 amide bonds. The fraction of sp³-hybridized carbons (Fsp3) is 0.389. The van der Waals surface area contributed by atoms with E-state index in [2.05, 4.69) is 64.0 Å². The summed E-state index contributed by atoms with van der Waals surface area (Å²) in [6.45, 7) is 7.17. The minimum Gasteiger partial charge on any atom is -0.383 e. The summed E-state index contributed by atoms with van der Waals surface area (Å²) in [6.07, 6.45) is 10.5. The summed E-state index contributed by atoms with van der Waals surface area (Å²) in [6, 6.07) is 19.3. The van der Waals surface area contributed by atoms with Crippen LogP contribution in [-0.2, 0) is 4.79 Å². The van der Waals surface area contributed by atoms with Crippen molar-refractivity contribution in [2.24, 2.45) is 11.8 Å². The lowest BCUT2D eigenvalue weighted by molar-refractivity contribution is -0.122. The highest BCUT2D eigenvalue weighted by Gasteiger charge is 2.29. The SMILES string of the molecule is CC(=O)C1CCN(CC2CCC(n3cc(-c4ccc5ccc(-c6ccccc6)nc5c4C)c4c(N)ncnc43)CC2)CC1. The standard InChI is InChI=1S/C36H40N6O/c1-23-30(14-10-28-11-15-32(40-34(23)28)27-6-4-3-5-7-27)31-21-42(36-33(31)35(37)38-22-39-36)29-12-8-25(9-13-29)20-41-18-16-26(17-19-41)24(2)43/h3-7,10-11,14-15,21-22,25-26,29H,8-9,12-13,16-20H2,1-2H3,(H2,37,38,39). The second-order valence-corrected chi connectivity index (χ2v) is 12.6. The number of rotatable bonds is 6. The van der Waals surface area contributed by atoms with Gasteiger partial charge in [-0.05, 0) is 88.6 Å². The summed E-state index contributed by atoms with van der Waals surface area (Å²) >= 11 is 0. The molecular weight excluding hydrogens is 532 g/mol. The van der Waals surface area contributed by atoms with Crippen LogP contribution in [0.15, 0.2) is 67.1 Å². The Hall–Kier alpha value is -4.10. The first kappa shape index (κ1) is 27.7. The average molecular weight is 573 g/mol. The fourth-order valence-corrected chi connectivity index (χ4v) is 7.48. The van der Waals surface area contributed by atoms with Crippen LogP contribution in [0.3, 0.4) is 0 Å². The number of piperidine rings is 1. The lowest BCUT2D eigenvalue weighted by atomic mass is 9.84. The molecule has 4 heterocycles. The van der Waals surface area contributed by atoms with Crippen molar-refractivity contribution in [3.8, 4) is 22.4 Å². The van der Waals surface area contributed by atoms with Crippen molar-refractivity contribution in [1.29, 1.82) is 0 Å². The normalized spacial score (nSPS) is 20.1. The number of nitrogen functional groups attached to an aromatic ring is 1. The molecule has 1 saturated carbocycles. The number of carbonyl (C=O) groups excluding carboxylic acids is 1. The number of likely N-dealkylation sites (tertiary alicyclic amines) is 1. The number of aromatic nitrogens is 4. The van der Waals surface area contributed by atoms with E-state index >= 15 is 0 Å². The molecule has 43 heavy (non-hydrogen) atoms. The van der Waals surface area contributed by atoms with Crippen molar-refractivity contribution in [2.75, 3.05) is 25.4 Å². The van der Waals surface area contributed by atoms with Gasteiger partial charge in [-0.1, -0.05) is 48.5 Å². The Balaban J connectivity index is 1.16. The zero-order chi connectivity index (χ0) is 29.5. The van der Waals surface area contributed by atoms with E-state index in [-0.39, 0.29) is 5.92 Å². The van der Waals surface area contributed by atoms with Gasteiger partial charge >= 0.3 is 0 Å². The molecule has 7 rings (SSSR count). The van der Waals surface area contributed by atoms with Gasteiger partial charge in [0.05, 0.1) is 16.6 Å². The second-order valence-electron chi connectivity index (χ2n) is 12.6. The third-order valence-corrected chi connectivity index (χ3v) is 10.0. The van der Waals surface area contributed by atoms with Crippen LogP contribution >= 0.6 is 0 Å². The highest BCUT2D eigenvalue weighted by atomic mass is 16.1. The molecule has 220 valence electrons. The zero-order valence-electron chi connectivity index (χ0n) is 25.2. The molecule has 1 saturated heterocycles. The quantitative estimate of drug-likeness (QED) is 0.231. The molecule has 0 atom stereocenters. The molecule has 2 N–H and O–H groups in total. The smallest absolute Gasteiger partial charge is 0.146 e. The Morgan fingerprint density at radius 1 is 0.907 bits per heavy atom. The summed E-state index contributed by atoms with van der Waals surface area (Å²) in [5.74, 6) is 1.85. The highest BCUT2D eigenvalue weighted by Crippen LogP contribution is 2.41. The van der Waals surface area contributed by atoms with Gasteiger partial charge in [-0.15, -0.1) is 0 Å². The maximum absolute atomic E-state index is 11.8. The van der Waals surface area contributed by atoms with E-state index in [1.54, 1.807) is 13.3 Å². The molecule has 1 aliphatic carbocycles. The topological polar surface area (TPSA) is 89.9 Å². The van der Waals surface area contributed by atoms with E-state index in [4.69, 9.17) is 15.7 Å². The van der Waals surface area contributed by atoms with Crippen LogP contribution in [0.5, 0.6) is 0 Å². The number of ketones is 1. The molecule has 0 unspecified atom stereocenters. The van der Waals surface area contributed by atoms with Crippen LogP contribution in [0.2, 0.25) is 0 Å². The van der Waals surface area contributed by atoms with E-state index in [0.29, 0.717) is 23.6 Å². The molecule has 0 radical (unpaired) electrons. The van der Waals surface area contributed by atoms with Crippen molar-refractivity contribution in [2.45, 2.75) is 58.4 Å². The zero-order valence-corrected chi connectivity index (χ0v) is 25.2. The highest BCUT2D eigenvalue weighted by molar-refractivity contribution is 6.03. The average Bonchev–Trinajstić information content (AvgIpc) is 3.43. The lowest BCUT2D eigenvalue weighted by Crippen LogP contribution is -2.39. The van der Waals surface area contributed by atoms with Crippen LogP contribution in [0, 0.1) is 18.8 Å². The monoisotopic (exact) mass is 572 g/mol. The van der Waals surface area contributed by atoms with Gasteiger partial charge in [0.2, 0.25) is 0 Å². The number of hydrogen-bond acceptors (Lipinski definition) is 6. The number of hydrogen-bond donors (Lipinski definition) is 1. The van der Waals surface area contributed by atoms with Gasteiger partial charge in [-0.3, -0.25) is 4.79 Å². The van der Waals surface area contributed by atoms with Gasteiger partial charge in [0.1, 0.15) is 23.6 Å². The van der Waals surface area contributed by atoms with Gasteiger partial charge in [-0.25, -0.2) is 15.0 Å². The number of benzene rings is 2. The number of fused-ring (bicyclic) bond motifs is 2. The van der Waals surface area contributed by atoms with Crippen molar-refractivity contribution in [1.82, 2.24) is 24.4 Å². The first-order valence-electron chi connectivity index (χ1n) is 15.8. The Morgan fingerprint density at radius 3 is 2.40 bits per heavy atom. The minimum atomic E-state index is 0.269. The molecule has 2 aliphatic rings. The number of Topliss-reactive ketones (excluding diaryl/α,β-unsaturated/α-hetero) is 1. The van der Waals surface area contributed by atoms with Crippen LogP contribution in [0.4, 0.5) is 5.82 Å². The largest absolute Gasteiger partial charge is 0.383 e. The molecular formula is C36H40N6O. The van der Waals surface area contributed by atoms with Crippen LogP contribution < -0.4 is 5.73 Å². The van der Waals surface area contributed by atoms with E-state index < -0.39 is 0 Å². The molecule has 2 fully saturated rings. The number of pyridine rings is 1. The predicted octanol–water partition coefficient (Wildman–Crippen LogP) is 7.24. The van der Waals surface area contributed by atoms with Gasteiger partial charge in [0, 0.05) is 41.2 Å². The molecule has 2 aromatic carbocycles. The van der Waals surface area contributed by atoms with Crippen LogP contribution in [-0.4, -0.2) is 49.8 Å². The maximum Gasteiger partial charge on any atom is 0.146 e. The second kappa shape index (κ2) is 11.5. The Morgan fingerprint density at radius 2 is 1.65 bits per heavy atom. The first-order chi connectivity index (χ1) is 21.0. The van der Waals surface area contributed by atoms with Crippen LogP contribution in [0.1, 0.15) is 57.1 Å². The summed E-state index contributed by atoms with van der Waals surface area (Å²) in [5, 5.41) is 2.05. The first-order valence-corrected chi connectivity index (χ1v) is 15.8. The van der Waals surface area contributed by atoms with E-state index in [1.165, 1.54) is 12.8 Å². The number of carbonyl (C=O) groups is 1. The molecule has 0 bridgehead atoms. The van der Waals surface area contributed by atoms with Crippen molar-refractivity contribution < 1.29 is 4.79 Å². The van der Waals surface area contributed by atoms with Crippen molar-refractivity contribution in [3.05, 3.63) is 72.7 Å². The van der Waals surface area contributed by atoms with Gasteiger partial charge in [0.15, 0.2) is 0 Å². The number of nitrogens with zero attached hydrogens (tertiary/aromatic N) is 5. The van der Waals surface area contributed by atoms with Crippen LogP contribution in [0.25, 0.3) is 44.3 Å². The number of nitrogens with two attached hydrogens (primary N) is 1. The molecule has 0 spiro atoms. The third kappa shape index (κ3) is 5.31. The third-order valence-electron chi connectivity index (χ3n) is 10.0. The van der Waals surface area contributed by atoms with E-state index in [9.17, 15) is 4.79 Å².